The van der Waals surface area contributed by atoms with Crippen LogP contribution in [0.2, 0.25) is 0 Å². The summed E-state index contributed by atoms with van der Waals surface area (Å²) < 4.78 is 9.08. The lowest BCUT2D eigenvalue weighted by molar-refractivity contribution is -0.148. The van der Waals surface area contributed by atoms with Crippen molar-refractivity contribution in [2.45, 2.75) is 13.0 Å². The number of alkyl halides is 1. The van der Waals surface area contributed by atoms with E-state index in [4.69, 9.17) is 16.7 Å². The van der Waals surface area contributed by atoms with Gasteiger partial charge in [-0.1, -0.05) is 6.58 Å². The van der Waals surface area contributed by atoms with Gasteiger partial charge in [0.25, 0.3) is 0 Å². The first kappa shape index (κ1) is 13.9. The van der Waals surface area contributed by atoms with Crippen molar-refractivity contribution in [3.63, 3.8) is 0 Å². The fourth-order valence-corrected chi connectivity index (χ4v) is 0.694. The molecule has 1 N–H and O–H groups in total. The lowest BCUT2D eigenvalue weighted by Crippen LogP contribution is -2.23. The Balaban J connectivity index is 4.00. The number of carbonyl (C=O) groups is 2. The molecule has 0 aromatic rings. The second-order valence-electron chi connectivity index (χ2n) is 2.61. The number of halogens is 1. The van der Waals surface area contributed by atoms with Crippen molar-refractivity contribution < 1.29 is 24.2 Å². The van der Waals surface area contributed by atoms with Gasteiger partial charge in [-0.05, 0) is 6.92 Å². The van der Waals surface area contributed by atoms with Crippen molar-refractivity contribution in [3.05, 3.63) is 12.2 Å². The van der Waals surface area contributed by atoms with Gasteiger partial charge in [0, 0.05) is 0 Å². The Morgan fingerprint density at radius 2 is 1.93 bits per heavy atom. The third-order valence-corrected chi connectivity index (χ3v) is 1.71. The van der Waals surface area contributed by atoms with Gasteiger partial charge in [0.1, 0.15) is 18.3 Å². The number of aliphatic hydroxyl groups excluding tert-OH is 1. The topological polar surface area (TPSA) is 72.8 Å². The lowest BCUT2D eigenvalue weighted by Gasteiger charge is -2.08. The number of ether oxygens (including phenoxy) is 2. The van der Waals surface area contributed by atoms with Gasteiger partial charge in [0.05, 0.1) is 12.5 Å². The molecule has 0 radical (unpaired) electrons. The smallest absolute Gasteiger partial charge is 0.345 e. The number of carbonyl (C=O) groups excluding carboxylic acids is 2. The number of hydrogen-bond acceptors (Lipinski definition) is 5. The van der Waals surface area contributed by atoms with Crippen LogP contribution in [0.25, 0.3) is 0 Å². The Morgan fingerprint density at radius 1 is 1.40 bits per heavy atom. The van der Waals surface area contributed by atoms with E-state index in [2.05, 4.69) is 16.1 Å². The Hall–Kier alpha value is -1.07. The second-order valence-corrected chi connectivity index (χ2v) is 2.91. The first-order valence-corrected chi connectivity index (χ1v) is 4.83. The lowest BCUT2D eigenvalue weighted by atomic mass is 10.3. The van der Waals surface area contributed by atoms with E-state index < -0.39 is 23.6 Å². The van der Waals surface area contributed by atoms with Crippen molar-refractivity contribution >= 4 is 23.5 Å². The number of hydrogen-bond donors (Lipinski definition) is 1. The molecule has 0 aromatic carbocycles. The summed E-state index contributed by atoms with van der Waals surface area (Å²) in [6.45, 7) is 4.69. The third-order valence-electron chi connectivity index (χ3n) is 1.35. The zero-order valence-electron chi connectivity index (χ0n) is 8.36. The van der Waals surface area contributed by atoms with E-state index in [1.807, 2.05) is 0 Å². The maximum absolute atomic E-state index is 11.1. The minimum Gasteiger partial charge on any atom is -0.462 e. The number of rotatable bonds is 6. The summed E-state index contributed by atoms with van der Waals surface area (Å²) in [6.07, 6.45) is -0.953. The summed E-state index contributed by atoms with van der Waals surface area (Å²) in [7, 11) is 0. The van der Waals surface area contributed by atoms with Crippen LogP contribution in [0, 0.1) is 0 Å². The zero-order chi connectivity index (χ0) is 11.8. The number of aliphatic hydroxyl groups is 1. The average Bonchev–Trinajstić information content (AvgIpc) is 2.24. The fraction of sp³-hybridized carbons (Fsp3) is 0.556. The van der Waals surface area contributed by atoms with E-state index >= 15 is 0 Å². The summed E-state index contributed by atoms with van der Waals surface area (Å²) in [5.74, 6) is -1.81. The summed E-state index contributed by atoms with van der Waals surface area (Å²) >= 11 is 5.27. The van der Waals surface area contributed by atoms with Crippen LogP contribution < -0.4 is 0 Å². The molecule has 1 unspecified atom stereocenters. The van der Waals surface area contributed by atoms with Gasteiger partial charge in [-0.3, -0.25) is 0 Å². The molecule has 0 saturated carbocycles. The average molecular weight is 237 g/mol. The maximum Gasteiger partial charge on any atom is 0.345 e. The summed E-state index contributed by atoms with van der Waals surface area (Å²) in [5.41, 5.74) is -0.404. The highest BCUT2D eigenvalue weighted by molar-refractivity contribution is 6.18. The SMILES string of the molecule is C=C(C(=O)OCC)C(=O)OCC(O)CCl. The summed E-state index contributed by atoms with van der Waals surface area (Å²) in [6, 6.07) is 0. The normalized spacial score (nSPS) is 11.7. The predicted octanol–water partition coefficient (Wildman–Crippen LogP) is 0.249. The molecule has 0 aliphatic heterocycles. The molecule has 0 saturated heterocycles. The molecule has 1 atom stereocenters. The molecule has 0 aromatic heterocycles. The molecule has 0 heterocycles. The van der Waals surface area contributed by atoms with Gasteiger partial charge in [-0.25, -0.2) is 9.59 Å². The molecule has 15 heavy (non-hydrogen) atoms. The molecular weight excluding hydrogens is 224 g/mol. The monoisotopic (exact) mass is 236 g/mol. The highest BCUT2D eigenvalue weighted by Gasteiger charge is 2.19. The molecule has 5 nitrogen and oxygen atoms in total. The van der Waals surface area contributed by atoms with Crippen molar-refractivity contribution in [1.82, 2.24) is 0 Å². The molecule has 86 valence electrons. The van der Waals surface area contributed by atoms with Crippen LogP contribution in [0.4, 0.5) is 0 Å². The molecule has 0 rings (SSSR count). The quantitative estimate of drug-likeness (QED) is 0.235. The highest BCUT2D eigenvalue weighted by atomic mass is 35.5. The van der Waals surface area contributed by atoms with E-state index in [1.54, 1.807) is 6.92 Å². The van der Waals surface area contributed by atoms with Crippen LogP contribution in [0.5, 0.6) is 0 Å². The Morgan fingerprint density at radius 3 is 2.40 bits per heavy atom. The van der Waals surface area contributed by atoms with E-state index in [0.717, 1.165) is 0 Å². The van der Waals surface area contributed by atoms with Gasteiger partial charge in [-0.15, -0.1) is 11.6 Å². The third kappa shape index (κ3) is 5.39. The van der Waals surface area contributed by atoms with Gasteiger partial charge >= 0.3 is 11.9 Å². The minimum atomic E-state index is -0.953. The second kappa shape index (κ2) is 7.25. The van der Waals surface area contributed by atoms with Gasteiger partial charge in [-0.2, -0.15) is 0 Å². The van der Waals surface area contributed by atoms with E-state index in [0.29, 0.717) is 0 Å². The molecule has 0 aliphatic rings. The number of esters is 2. The molecule has 0 bridgehead atoms. The van der Waals surface area contributed by atoms with Gasteiger partial charge < -0.3 is 14.6 Å². The Labute approximate surface area is 92.6 Å². The molecule has 0 spiro atoms. The standard InChI is InChI=1S/C9H13ClO5/c1-3-14-8(12)6(2)9(13)15-5-7(11)4-10/h7,11H,2-5H2,1H3. The molecule has 6 heteroatoms. The highest BCUT2D eigenvalue weighted by Crippen LogP contribution is 2.00. The summed E-state index contributed by atoms with van der Waals surface area (Å²) in [5, 5.41) is 8.98. The van der Waals surface area contributed by atoms with Crippen LogP contribution in [0.3, 0.4) is 0 Å². The van der Waals surface area contributed by atoms with Crippen molar-refractivity contribution in [3.8, 4) is 0 Å². The van der Waals surface area contributed by atoms with Crippen molar-refractivity contribution in [2.24, 2.45) is 0 Å². The minimum absolute atomic E-state index is 0.0564. The maximum atomic E-state index is 11.1. The van der Waals surface area contributed by atoms with Crippen molar-refractivity contribution in [2.75, 3.05) is 19.1 Å². The first-order chi connectivity index (χ1) is 7.02. The predicted molar refractivity (Wildman–Crippen MR) is 53.5 cm³/mol. The van der Waals surface area contributed by atoms with Crippen LogP contribution >= 0.6 is 11.6 Å². The van der Waals surface area contributed by atoms with Crippen LogP contribution in [-0.4, -0.2) is 42.2 Å². The molecular formula is C9H13ClO5. The largest absolute Gasteiger partial charge is 0.462 e. The van der Waals surface area contributed by atoms with E-state index in [1.165, 1.54) is 0 Å². The van der Waals surface area contributed by atoms with Crippen LogP contribution in [0.15, 0.2) is 12.2 Å². The first-order valence-electron chi connectivity index (χ1n) is 4.30. The molecule has 0 amide bonds. The van der Waals surface area contributed by atoms with Gasteiger partial charge in [0.15, 0.2) is 0 Å². The zero-order valence-corrected chi connectivity index (χ0v) is 9.12. The van der Waals surface area contributed by atoms with Gasteiger partial charge in [0.2, 0.25) is 0 Å². The van der Waals surface area contributed by atoms with Crippen LogP contribution in [-0.2, 0) is 19.1 Å². The Kier molecular flexibility index (Phi) is 6.73. The molecule has 0 aliphatic carbocycles. The van der Waals surface area contributed by atoms with E-state index in [-0.39, 0.29) is 19.1 Å². The van der Waals surface area contributed by atoms with Crippen molar-refractivity contribution in [1.29, 1.82) is 0 Å². The Bertz CT molecular complexity index is 251. The van der Waals surface area contributed by atoms with Crippen LogP contribution in [0.1, 0.15) is 6.92 Å². The summed E-state index contributed by atoms with van der Waals surface area (Å²) in [4.78, 5) is 22.1. The molecule has 0 fully saturated rings. The van der Waals surface area contributed by atoms with E-state index in [9.17, 15) is 9.59 Å². The fourth-order valence-electron chi connectivity index (χ4n) is 0.605.